The Labute approximate surface area is 205 Å². The number of ether oxygens (including phenoxy) is 1. The highest BCUT2D eigenvalue weighted by molar-refractivity contribution is 7.93. The van der Waals surface area contributed by atoms with Crippen LogP contribution in [-0.4, -0.2) is 58.3 Å². The summed E-state index contributed by atoms with van der Waals surface area (Å²) in [5.41, 5.74) is 0.407. The molecule has 14 heteroatoms. The van der Waals surface area contributed by atoms with Crippen LogP contribution in [0.5, 0.6) is 0 Å². The van der Waals surface area contributed by atoms with Gasteiger partial charge in [-0.15, -0.1) is 11.3 Å². The molecule has 3 aromatic rings. The Bertz CT molecular complexity index is 1390. The van der Waals surface area contributed by atoms with Crippen molar-refractivity contribution in [3.63, 3.8) is 0 Å². The number of carbonyl (C=O) groups is 1. The Kier molecular flexibility index (Phi) is 7.21. The zero-order chi connectivity index (χ0) is 24.3. The van der Waals surface area contributed by atoms with Gasteiger partial charge in [0.1, 0.15) is 4.90 Å². The average molecular weight is 543 g/mol. The van der Waals surface area contributed by atoms with E-state index in [9.17, 15) is 21.6 Å². The van der Waals surface area contributed by atoms with E-state index >= 15 is 0 Å². The second-order valence-electron chi connectivity index (χ2n) is 7.08. The highest BCUT2D eigenvalue weighted by Crippen LogP contribution is 2.27. The van der Waals surface area contributed by atoms with Gasteiger partial charge in [0.15, 0.2) is 5.13 Å². The van der Waals surface area contributed by atoms with Crippen LogP contribution in [0, 0.1) is 0 Å². The molecule has 0 atom stereocenters. The number of nitrogens with one attached hydrogen (secondary N) is 2. The van der Waals surface area contributed by atoms with Crippen molar-refractivity contribution in [2.24, 2.45) is 0 Å². The van der Waals surface area contributed by atoms with E-state index in [0.717, 1.165) is 11.3 Å². The number of morpholine rings is 1. The molecule has 0 saturated carbocycles. The molecular weight excluding hydrogens is 524 g/mol. The Hall–Kier alpha value is -2.55. The van der Waals surface area contributed by atoms with E-state index in [1.54, 1.807) is 5.38 Å². The standard InChI is InChI=1S/C20H19ClN4O6S3/c21-17-6-1-14(13-18(17)34(29,30)25-8-10-31-11-9-25)19(26)23-15-2-4-16(5-3-15)33(27,28)24-20-22-7-12-32-20/h1-7,12-13H,8-11H2,(H,22,24)(H,23,26). The van der Waals surface area contributed by atoms with Crippen molar-refractivity contribution in [1.82, 2.24) is 9.29 Å². The number of aromatic nitrogens is 1. The van der Waals surface area contributed by atoms with Crippen molar-refractivity contribution in [2.45, 2.75) is 9.79 Å². The molecule has 4 rings (SSSR count). The van der Waals surface area contributed by atoms with E-state index in [1.807, 2.05) is 0 Å². The van der Waals surface area contributed by atoms with Gasteiger partial charge in [0.2, 0.25) is 10.0 Å². The van der Waals surface area contributed by atoms with Crippen LogP contribution in [0.4, 0.5) is 10.8 Å². The van der Waals surface area contributed by atoms with Gasteiger partial charge in [-0.3, -0.25) is 9.52 Å². The summed E-state index contributed by atoms with van der Waals surface area (Å²) in [6.07, 6.45) is 1.48. The van der Waals surface area contributed by atoms with Gasteiger partial charge in [0.05, 0.1) is 23.1 Å². The number of halogens is 1. The minimum atomic E-state index is -3.90. The monoisotopic (exact) mass is 542 g/mol. The summed E-state index contributed by atoms with van der Waals surface area (Å²) in [6, 6.07) is 9.50. The molecule has 2 heterocycles. The van der Waals surface area contributed by atoms with Gasteiger partial charge < -0.3 is 10.1 Å². The third-order valence-corrected chi connectivity index (χ3v) is 9.41. The molecular formula is C20H19ClN4O6S3. The first-order valence-corrected chi connectivity index (χ1v) is 14.1. The van der Waals surface area contributed by atoms with Gasteiger partial charge in [-0.1, -0.05) is 11.6 Å². The summed E-state index contributed by atoms with van der Waals surface area (Å²) in [6.45, 7) is 0.952. The van der Waals surface area contributed by atoms with Crippen LogP contribution >= 0.6 is 22.9 Å². The Morgan fingerprint density at radius 2 is 1.76 bits per heavy atom. The minimum absolute atomic E-state index is 0.00494. The summed E-state index contributed by atoms with van der Waals surface area (Å²) in [5.74, 6) is -0.577. The van der Waals surface area contributed by atoms with Gasteiger partial charge in [0.25, 0.3) is 15.9 Å². The molecule has 0 aliphatic carbocycles. The van der Waals surface area contributed by atoms with E-state index < -0.39 is 26.0 Å². The van der Waals surface area contributed by atoms with Crippen molar-refractivity contribution >= 4 is 59.7 Å². The molecule has 2 aromatic carbocycles. The second-order valence-corrected chi connectivity index (χ2v) is 12.0. The zero-order valence-electron chi connectivity index (χ0n) is 17.5. The Balaban J connectivity index is 1.50. The highest BCUT2D eigenvalue weighted by Gasteiger charge is 2.29. The quantitative estimate of drug-likeness (QED) is 0.468. The number of sulfonamides is 2. The lowest BCUT2D eigenvalue weighted by molar-refractivity contribution is 0.0730. The van der Waals surface area contributed by atoms with Gasteiger partial charge in [-0.25, -0.2) is 21.8 Å². The number of carbonyl (C=O) groups excluding carboxylic acids is 1. The summed E-state index contributed by atoms with van der Waals surface area (Å²) in [4.78, 5) is 16.5. The number of thiazole rings is 1. The van der Waals surface area contributed by atoms with Gasteiger partial charge in [-0.05, 0) is 42.5 Å². The number of hydrogen-bond donors (Lipinski definition) is 2. The molecule has 0 radical (unpaired) electrons. The Morgan fingerprint density at radius 1 is 1.06 bits per heavy atom. The van der Waals surface area contributed by atoms with Gasteiger partial charge in [-0.2, -0.15) is 4.31 Å². The van der Waals surface area contributed by atoms with E-state index in [0.29, 0.717) is 5.69 Å². The number of benzene rings is 2. The molecule has 0 spiro atoms. The SMILES string of the molecule is O=C(Nc1ccc(S(=O)(=O)Nc2nccs2)cc1)c1ccc(Cl)c(S(=O)(=O)N2CCOCC2)c1. The fourth-order valence-corrected chi connectivity index (χ4v) is 6.83. The third kappa shape index (κ3) is 5.40. The normalized spacial score (nSPS) is 15.1. The first-order chi connectivity index (χ1) is 16.2. The number of amides is 1. The van der Waals surface area contributed by atoms with Crippen molar-refractivity contribution in [2.75, 3.05) is 36.3 Å². The number of nitrogens with zero attached hydrogens (tertiary/aromatic N) is 2. The topological polar surface area (TPSA) is 135 Å². The van der Waals surface area contributed by atoms with Gasteiger partial charge >= 0.3 is 0 Å². The highest BCUT2D eigenvalue weighted by atomic mass is 35.5. The maximum atomic E-state index is 13.0. The fourth-order valence-electron chi connectivity index (χ4n) is 3.14. The lowest BCUT2D eigenvalue weighted by Crippen LogP contribution is -2.40. The summed E-state index contributed by atoms with van der Waals surface area (Å²) >= 11 is 7.29. The van der Waals surface area contributed by atoms with Crippen LogP contribution in [0.1, 0.15) is 10.4 Å². The van der Waals surface area contributed by atoms with Crippen molar-refractivity contribution in [3.8, 4) is 0 Å². The number of rotatable bonds is 7. The van der Waals surface area contributed by atoms with Crippen molar-refractivity contribution in [3.05, 3.63) is 64.6 Å². The summed E-state index contributed by atoms with van der Waals surface area (Å²) in [5, 5.41) is 4.51. The maximum absolute atomic E-state index is 13.0. The molecule has 34 heavy (non-hydrogen) atoms. The van der Waals surface area contributed by atoms with Crippen LogP contribution < -0.4 is 10.0 Å². The molecule has 2 N–H and O–H groups in total. The lowest BCUT2D eigenvalue weighted by atomic mass is 10.2. The molecule has 10 nitrogen and oxygen atoms in total. The Morgan fingerprint density at radius 3 is 2.41 bits per heavy atom. The van der Waals surface area contributed by atoms with E-state index in [1.165, 1.54) is 53.0 Å². The van der Waals surface area contributed by atoms with E-state index in [2.05, 4.69) is 15.0 Å². The number of anilines is 2. The van der Waals surface area contributed by atoms with Crippen LogP contribution in [-0.2, 0) is 24.8 Å². The van der Waals surface area contributed by atoms with Crippen molar-refractivity contribution < 1.29 is 26.4 Å². The first-order valence-electron chi connectivity index (χ1n) is 9.88. The molecule has 1 aliphatic rings. The van der Waals surface area contributed by atoms with Crippen LogP contribution in [0.2, 0.25) is 5.02 Å². The smallest absolute Gasteiger partial charge is 0.263 e. The molecule has 1 amide bonds. The molecule has 180 valence electrons. The number of hydrogen-bond acceptors (Lipinski definition) is 8. The predicted molar refractivity (Wildman–Crippen MR) is 128 cm³/mol. The van der Waals surface area contributed by atoms with E-state index in [-0.39, 0.29) is 51.8 Å². The molecule has 0 bridgehead atoms. The molecule has 1 fully saturated rings. The largest absolute Gasteiger partial charge is 0.379 e. The molecule has 0 unspecified atom stereocenters. The third-order valence-electron chi connectivity index (χ3n) is 4.86. The van der Waals surface area contributed by atoms with Crippen molar-refractivity contribution in [1.29, 1.82) is 0 Å². The minimum Gasteiger partial charge on any atom is -0.379 e. The van der Waals surface area contributed by atoms with E-state index in [4.69, 9.17) is 16.3 Å². The maximum Gasteiger partial charge on any atom is 0.263 e. The second kappa shape index (κ2) is 9.98. The van der Waals surface area contributed by atoms with Crippen LogP contribution in [0.3, 0.4) is 0 Å². The lowest BCUT2D eigenvalue weighted by Gasteiger charge is -2.26. The molecule has 1 aliphatic heterocycles. The average Bonchev–Trinajstić information content (AvgIpc) is 3.32. The molecule has 1 saturated heterocycles. The zero-order valence-corrected chi connectivity index (χ0v) is 20.7. The summed E-state index contributed by atoms with van der Waals surface area (Å²) < 4.78 is 59.6. The van der Waals surface area contributed by atoms with Crippen LogP contribution in [0.25, 0.3) is 0 Å². The molecule has 1 aromatic heterocycles. The summed E-state index contributed by atoms with van der Waals surface area (Å²) in [7, 11) is -7.73. The van der Waals surface area contributed by atoms with Gasteiger partial charge in [0, 0.05) is 35.9 Å². The first kappa shape index (κ1) is 24.6. The fraction of sp³-hybridized carbons (Fsp3) is 0.200. The van der Waals surface area contributed by atoms with Crippen LogP contribution in [0.15, 0.2) is 63.8 Å². The predicted octanol–water partition coefficient (Wildman–Crippen LogP) is 2.87.